The highest BCUT2D eigenvalue weighted by atomic mass is 16.3. The van der Waals surface area contributed by atoms with E-state index in [1.54, 1.807) is 0 Å². The van der Waals surface area contributed by atoms with Crippen molar-refractivity contribution >= 4 is 0 Å². The maximum atomic E-state index is 9.37. The summed E-state index contributed by atoms with van der Waals surface area (Å²) in [5.41, 5.74) is 1.52. The van der Waals surface area contributed by atoms with Gasteiger partial charge in [0.05, 0.1) is 0 Å². The summed E-state index contributed by atoms with van der Waals surface area (Å²) in [7, 11) is 0. The van der Waals surface area contributed by atoms with Gasteiger partial charge in [-0.2, -0.15) is 0 Å². The van der Waals surface area contributed by atoms with Gasteiger partial charge in [0.1, 0.15) is 0 Å². The molecule has 0 heterocycles. The molecule has 0 aromatic heterocycles. The molecule has 108 valence electrons. The van der Waals surface area contributed by atoms with Gasteiger partial charge in [0.25, 0.3) is 0 Å². The molecule has 1 atom stereocenters. The molecule has 0 aliphatic rings. The molecule has 0 spiro atoms. The van der Waals surface area contributed by atoms with Crippen LogP contribution in [0.5, 0.6) is 0 Å². The second kappa shape index (κ2) is 6.53. The Morgan fingerprint density at radius 2 is 1.63 bits per heavy atom. The summed E-state index contributed by atoms with van der Waals surface area (Å²) in [4.78, 5) is 0. The molecule has 2 nitrogen and oxygen atoms in total. The lowest BCUT2D eigenvalue weighted by Crippen LogP contribution is -2.36. The number of rotatable bonds is 6. The molecular formula is C17H29NO. The first kappa shape index (κ1) is 16.2. The summed E-state index contributed by atoms with van der Waals surface area (Å²) in [6.45, 7) is 12.0. The van der Waals surface area contributed by atoms with E-state index in [0.29, 0.717) is 6.04 Å². The van der Waals surface area contributed by atoms with Crippen molar-refractivity contribution in [3.8, 4) is 0 Å². The molecule has 0 saturated carbocycles. The van der Waals surface area contributed by atoms with E-state index in [2.05, 4.69) is 70.3 Å². The van der Waals surface area contributed by atoms with Crippen molar-refractivity contribution in [2.24, 2.45) is 10.8 Å². The molecule has 0 amide bonds. The van der Waals surface area contributed by atoms with Crippen LogP contribution in [0.2, 0.25) is 0 Å². The van der Waals surface area contributed by atoms with E-state index >= 15 is 0 Å². The number of aliphatic hydroxyl groups is 1. The van der Waals surface area contributed by atoms with Gasteiger partial charge in [0.15, 0.2) is 0 Å². The van der Waals surface area contributed by atoms with Gasteiger partial charge in [-0.3, -0.25) is 0 Å². The van der Waals surface area contributed by atoms with Crippen LogP contribution in [-0.4, -0.2) is 18.3 Å². The highest BCUT2D eigenvalue weighted by Gasteiger charge is 2.23. The minimum Gasteiger partial charge on any atom is -0.396 e. The zero-order valence-electron chi connectivity index (χ0n) is 13.0. The fraction of sp³-hybridized carbons (Fsp3) is 0.647. The molecule has 1 aromatic rings. The summed E-state index contributed by atoms with van der Waals surface area (Å²) >= 11 is 0. The SMILES string of the molecule is CC(C)(C)CC(NCC(C)(C)CO)c1ccccc1. The van der Waals surface area contributed by atoms with E-state index in [0.717, 1.165) is 13.0 Å². The zero-order valence-corrected chi connectivity index (χ0v) is 13.0. The van der Waals surface area contributed by atoms with Crippen LogP contribution in [0.1, 0.15) is 52.6 Å². The van der Waals surface area contributed by atoms with Crippen LogP contribution in [-0.2, 0) is 0 Å². The quantitative estimate of drug-likeness (QED) is 0.819. The van der Waals surface area contributed by atoms with Gasteiger partial charge in [-0.25, -0.2) is 0 Å². The van der Waals surface area contributed by atoms with E-state index in [-0.39, 0.29) is 17.4 Å². The first-order valence-electron chi connectivity index (χ1n) is 7.13. The average molecular weight is 263 g/mol. The van der Waals surface area contributed by atoms with Crippen LogP contribution in [0.4, 0.5) is 0 Å². The molecule has 0 aliphatic heterocycles. The summed E-state index contributed by atoms with van der Waals surface area (Å²) in [6.07, 6.45) is 1.08. The number of hydrogen-bond acceptors (Lipinski definition) is 2. The highest BCUT2D eigenvalue weighted by molar-refractivity contribution is 5.19. The number of hydrogen-bond donors (Lipinski definition) is 2. The van der Waals surface area contributed by atoms with Gasteiger partial charge in [0, 0.05) is 24.6 Å². The normalized spacial score (nSPS) is 14.4. The largest absolute Gasteiger partial charge is 0.396 e. The summed E-state index contributed by atoms with van der Waals surface area (Å²) in [5, 5.41) is 13.0. The fourth-order valence-electron chi connectivity index (χ4n) is 2.06. The minimum atomic E-state index is -0.0785. The zero-order chi connectivity index (χ0) is 14.5. The molecule has 1 unspecified atom stereocenters. The molecule has 0 radical (unpaired) electrons. The summed E-state index contributed by atoms with van der Waals surface area (Å²) < 4.78 is 0. The van der Waals surface area contributed by atoms with E-state index in [1.165, 1.54) is 5.56 Å². The van der Waals surface area contributed by atoms with Crippen LogP contribution in [0.15, 0.2) is 30.3 Å². The standard InChI is InChI=1S/C17H29NO/c1-16(2,3)11-15(14-9-7-6-8-10-14)18-12-17(4,5)13-19/h6-10,15,18-19H,11-13H2,1-5H3. The van der Waals surface area contributed by atoms with Crippen molar-refractivity contribution in [3.63, 3.8) is 0 Å². The lowest BCUT2D eigenvalue weighted by molar-refractivity contribution is 0.149. The van der Waals surface area contributed by atoms with Gasteiger partial charge in [0.2, 0.25) is 0 Å². The molecule has 19 heavy (non-hydrogen) atoms. The third kappa shape index (κ3) is 6.22. The van der Waals surface area contributed by atoms with E-state index in [4.69, 9.17) is 0 Å². The molecule has 0 aliphatic carbocycles. The van der Waals surface area contributed by atoms with Crippen molar-refractivity contribution in [2.75, 3.05) is 13.2 Å². The van der Waals surface area contributed by atoms with Crippen LogP contribution in [0, 0.1) is 10.8 Å². The van der Waals surface area contributed by atoms with E-state index in [1.807, 2.05) is 0 Å². The molecule has 2 N–H and O–H groups in total. The Labute approximate surface area is 118 Å². The monoisotopic (exact) mass is 263 g/mol. The Bertz CT molecular complexity index is 365. The van der Waals surface area contributed by atoms with Crippen LogP contribution < -0.4 is 5.32 Å². The Morgan fingerprint density at radius 1 is 1.05 bits per heavy atom. The van der Waals surface area contributed by atoms with Gasteiger partial charge in [-0.15, -0.1) is 0 Å². The molecule has 1 aromatic carbocycles. The van der Waals surface area contributed by atoms with Crippen molar-refractivity contribution in [2.45, 2.75) is 47.1 Å². The predicted molar refractivity (Wildman–Crippen MR) is 82.1 cm³/mol. The first-order chi connectivity index (χ1) is 8.73. The van der Waals surface area contributed by atoms with Crippen LogP contribution in [0.3, 0.4) is 0 Å². The maximum absolute atomic E-state index is 9.37. The van der Waals surface area contributed by atoms with Crippen LogP contribution >= 0.6 is 0 Å². The Kier molecular flexibility index (Phi) is 5.57. The first-order valence-corrected chi connectivity index (χ1v) is 7.13. The van der Waals surface area contributed by atoms with E-state index in [9.17, 15) is 5.11 Å². The van der Waals surface area contributed by atoms with Gasteiger partial charge in [-0.1, -0.05) is 65.0 Å². The Balaban J connectivity index is 2.77. The van der Waals surface area contributed by atoms with E-state index < -0.39 is 0 Å². The van der Waals surface area contributed by atoms with Gasteiger partial charge in [-0.05, 0) is 17.4 Å². The predicted octanol–water partition coefficient (Wildman–Crippen LogP) is 3.77. The lowest BCUT2D eigenvalue weighted by atomic mass is 9.84. The molecule has 0 saturated heterocycles. The van der Waals surface area contributed by atoms with Crippen molar-refractivity contribution in [3.05, 3.63) is 35.9 Å². The molecule has 0 bridgehead atoms. The van der Waals surface area contributed by atoms with Crippen molar-refractivity contribution < 1.29 is 5.11 Å². The lowest BCUT2D eigenvalue weighted by Gasteiger charge is -2.31. The third-order valence-corrected chi connectivity index (χ3v) is 3.27. The fourth-order valence-corrected chi connectivity index (χ4v) is 2.06. The third-order valence-electron chi connectivity index (χ3n) is 3.27. The topological polar surface area (TPSA) is 32.3 Å². The summed E-state index contributed by atoms with van der Waals surface area (Å²) in [6, 6.07) is 10.9. The summed E-state index contributed by atoms with van der Waals surface area (Å²) in [5.74, 6) is 0. The molecular weight excluding hydrogens is 234 g/mol. The Hall–Kier alpha value is -0.860. The van der Waals surface area contributed by atoms with Crippen molar-refractivity contribution in [1.82, 2.24) is 5.32 Å². The second-order valence-electron chi connectivity index (χ2n) is 7.43. The van der Waals surface area contributed by atoms with Gasteiger partial charge >= 0.3 is 0 Å². The van der Waals surface area contributed by atoms with Gasteiger partial charge < -0.3 is 10.4 Å². The minimum absolute atomic E-state index is 0.0785. The average Bonchev–Trinajstić information content (AvgIpc) is 2.34. The number of nitrogens with one attached hydrogen (secondary N) is 1. The van der Waals surface area contributed by atoms with Crippen molar-refractivity contribution in [1.29, 1.82) is 0 Å². The smallest absolute Gasteiger partial charge is 0.0494 e. The number of aliphatic hydroxyl groups excluding tert-OH is 1. The maximum Gasteiger partial charge on any atom is 0.0494 e. The Morgan fingerprint density at radius 3 is 2.11 bits per heavy atom. The second-order valence-corrected chi connectivity index (χ2v) is 7.43. The highest BCUT2D eigenvalue weighted by Crippen LogP contribution is 2.30. The number of benzene rings is 1. The molecule has 0 fully saturated rings. The molecule has 1 rings (SSSR count). The molecule has 2 heteroatoms. The van der Waals surface area contributed by atoms with Crippen LogP contribution in [0.25, 0.3) is 0 Å².